The van der Waals surface area contributed by atoms with Gasteiger partial charge in [-0.3, -0.25) is 4.99 Å². The van der Waals surface area contributed by atoms with Crippen molar-refractivity contribution in [2.45, 2.75) is 19.4 Å². The van der Waals surface area contributed by atoms with E-state index in [0.717, 1.165) is 5.71 Å². The van der Waals surface area contributed by atoms with E-state index in [0.29, 0.717) is 10.1 Å². The van der Waals surface area contributed by atoms with E-state index >= 15 is 0 Å². The number of aliphatic imine (C=N–C) groups is 1. The van der Waals surface area contributed by atoms with Crippen LogP contribution in [-0.2, 0) is 0 Å². The van der Waals surface area contributed by atoms with Gasteiger partial charge in [-0.05, 0) is 19.9 Å². The van der Waals surface area contributed by atoms with Gasteiger partial charge < -0.3 is 4.90 Å². The third-order valence-corrected chi connectivity index (χ3v) is 3.02. The van der Waals surface area contributed by atoms with Crippen LogP contribution in [0.25, 0.3) is 0 Å². The number of allylic oxidation sites excluding steroid dienone is 2. The van der Waals surface area contributed by atoms with Gasteiger partial charge in [0.15, 0.2) is 0 Å². The van der Waals surface area contributed by atoms with Crippen molar-refractivity contribution in [3.63, 3.8) is 0 Å². The summed E-state index contributed by atoms with van der Waals surface area (Å²) in [4.78, 5) is 6.34. The molecule has 1 aliphatic rings. The highest BCUT2D eigenvalue weighted by Gasteiger charge is 2.31. The molecule has 0 spiro atoms. The van der Waals surface area contributed by atoms with Crippen LogP contribution in [-0.4, -0.2) is 30.2 Å². The van der Waals surface area contributed by atoms with E-state index in [1.54, 1.807) is 0 Å². The van der Waals surface area contributed by atoms with Crippen molar-refractivity contribution >= 4 is 28.9 Å². The quantitative estimate of drug-likeness (QED) is 0.715. The summed E-state index contributed by atoms with van der Waals surface area (Å²) in [6.45, 7) is 3.88. The normalized spacial score (nSPS) is 20.6. The van der Waals surface area contributed by atoms with Crippen LogP contribution in [0.4, 0.5) is 0 Å². The Morgan fingerprint density at radius 3 is 2.21 bits per heavy atom. The van der Waals surface area contributed by atoms with Crippen molar-refractivity contribution in [2.24, 2.45) is 4.99 Å². The highest BCUT2D eigenvalue weighted by atomic mass is 35.5. The lowest BCUT2D eigenvalue weighted by atomic mass is 10.1. The van der Waals surface area contributed by atoms with Crippen LogP contribution in [0.3, 0.4) is 0 Å². The average molecular weight is 233 g/mol. The van der Waals surface area contributed by atoms with Crippen LogP contribution in [0, 0.1) is 0 Å². The maximum atomic E-state index is 6.05. The predicted molar refractivity (Wildman–Crippen MR) is 63.1 cm³/mol. The first-order valence-electron chi connectivity index (χ1n) is 4.35. The fraction of sp³-hybridized carbons (Fsp3) is 0.500. The fourth-order valence-corrected chi connectivity index (χ4v) is 1.59. The number of hydrogen-bond donors (Lipinski definition) is 0. The summed E-state index contributed by atoms with van der Waals surface area (Å²) < 4.78 is 0. The maximum absolute atomic E-state index is 6.05. The minimum Gasteiger partial charge on any atom is -0.383 e. The molecule has 1 heterocycles. The minimum absolute atomic E-state index is 0.384. The molecule has 0 aliphatic carbocycles. The van der Waals surface area contributed by atoms with E-state index in [9.17, 15) is 0 Å². The van der Waals surface area contributed by atoms with Crippen molar-refractivity contribution in [3.05, 3.63) is 22.3 Å². The lowest BCUT2D eigenvalue weighted by molar-refractivity contribution is 0.564. The topological polar surface area (TPSA) is 15.6 Å². The van der Waals surface area contributed by atoms with Crippen LogP contribution in [0.1, 0.15) is 13.8 Å². The predicted octanol–water partition coefficient (Wildman–Crippen LogP) is 2.98. The molecule has 78 valence electrons. The summed E-state index contributed by atoms with van der Waals surface area (Å²) in [6.07, 6.45) is 3.76. The highest BCUT2D eigenvalue weighted by Crippen LogP contribution is 2.36. The van der Waals surface area contributed by atoms with Gasteiger partial charge in [-0.1, -0.05) is 23.2 Å². The van der Waals surface area contributed by atoms with Crippen molar-refractivity contribution in [2.75, 3.05) is 14.1 Å². The number of rotatable bonds is 2. The Bertz CT molecular complexity index is 325. The highest BCUT2D eigenvalue weighted by molar-refractivity contribution is 6.52. The maximum Gasteiger partial charge on any atom is 0.0929 e. The molecular formula is C10H14Cl2N2. The van der Waals surface area contributed by atoms with Gasteiger partial charge in [-0.25, -0.2) is 0 Å². The van der Waals surface area contributed by atoms with Gasteiger partial charge in [-0.2, -0.15) is 0 Å². The lowest BCUT2D eigenvalue weighted by Gasteiger charge is -2.12. The summed E-state index contributed by atoms with van der Waals surface area (Å²) >= 11 is 12.1. The second-order valence-corrected chi connectivity index (χ2v) is 4.72. The fourth-order valence-electron chi connectivity index (χ4n) is 1.11. The van der Waals surface area contributed by atoms with Crippen LogP contribution in [0.2, 0.25) is 0 Å². The van der Waals surface area contributed by atoms with E-state index in [-0.39, 0.29) is 5.54 Å². The van der Waals surface area contributed by atoms with E-state index in [1.165, 1.54) is 0 Å². The van der Waals surface area contributed by atoms with Crippen molar-refractivity contribution in [3.8, 4) is 0 Å². The molecule has 0 fully saturated rings. The van der Waals surface area contributed by atoms with Gasteiger partial charge in [0.2, 0.25) is 0 Å². The van der Waals surface area contributed by atoms with E-state index in [4.69, 9.17) is 23.2 Å². The van der Waals surface area contributed by atoms with Gasteiger partial charge in [0.1, 0.15) is 0 Å². The molecule has 1 aliphatic heterocycles. The SMILES string of the molecule is CN(C)/C=C/C1=NC(C)(C)C(Cl)=C1Cl. The zero-order valence-electron chi connectivity index (χ0n) is 8.81. The largest absolute Gasteiger partial charge is 0.383 e. The van der Waals surface area contributed by atoms with E-state index < -0.39 is 0 Å². The minimum atomic E-state index is -0.384. The number of nitrogens with zero attached hydrogens (tertiary/aromatic N) is 2. The van der Waals surface area contributed by atoms with Crippen molar-refractivity contribution in [1.82, 2.24) is 4.90 Å². The summed E-state index contributed by atoms with van der Waals surface area (Å²) in [6, 6.07) is 0. The molecule has 0 radical (unpaired) electrons. The molecule has 1 rings (SSSR count). The van der Waals surface area contributed by atoms with Crippen LogP contribution in [0.5, 0.6) is 0 Å². The molecule has 2 nitrogen and oxygen atoms in total. The molecule has 0 aromatic heterocycles. The number of halogens is 2. The molecule has 14 heavy (non-hydrogen) atoms. The molecule has 0 N–H and O–H groups in total. The standard InChI is InChI=1S/C10H14Cl2N2/c1-10(2)9(12)8(11)7(13-10)5-6-14(3)4/h5-6H,1-4H3/b6-5+. The second kappa shape index (κ2) is 3.95. The van der Waals surface area contributed by atoms with Crippen molar-refractivity contribution < 1.29 is 0 Å². The Labute approximate surface area is 94.9 Å². The molecule has 0 saturated carbocycles. The first-order chi connectivity index (χ1) is 6.34. The summed E-state index contributed by atoms with van der Waals surface area (Å²) in [5.74, 6) is 0. The summed E-state index contributed by atoms with van der Waals surface area (Å²) in [5, 5.41) is 1.16. The Hall–Kier alpha value is -0.470. The second-order valence-electron chi connectivity index (χ2n) is 3.96. The molecule has 0 saturated heterocycles. The Balaban J connectivity index is 2.94. The van der Waals surface area contributed by atoms with Crippen LogP contribution < -0.4 is 0 Å². The molecule has 0 unspecified atom stereocenters. The third kappa shape index (κ3) is 2.31. The molecule has 0 bridgehead atoms. The molecule has 0 atom stereocenters. The average Bonchev–Trinajstić information content (AvgIpc) is 2.26. The smallest absolute Gasteiger partial charge is 0.0929 e. The number of hydrogen-bond acceptors (Lipinski definition) is 2. The lowest BCUT2D eigenvalue weighted by Crippen LogP contribution is -2.13. The summed E-state index contributed by atoms with van der Waals surface area (Å²) in [7, 11) is 3.88. The zero-order chi connectivity index (χ0) is 10.9. The van der Waals surface area contributed by atoms with Crippen molar-refractivity contribution in [1.29, 1.82) is 0 Å². The van der Waals surface area contributed by atoms with Gasteiger partial charge in [0.25, 0.3) is 0 Å². The van der Waals surface area contributed by atoms with E-state index in [2.05, 4.69) is 4.99 Å². The molecule has 0 amide bonds. The van der Waals surface area contributed by atoms with Gasteiger partial charge in [0, 0.05) is 20.3 Å². The van der Waals surface area contributed by atoms with Gasteiger partial charge >= 0.3 is 0 Å². The Morgan fingerprint density at radius 2 is 1.86 bits per heavy atom. The Kier molecular flexibility index (Phi) is 3.28. The Morgan fingerprint density at radius 1 is 1.29 bits per heavy atom. The van der Waals surface area contributed by atoms with Crippen LogP contribution in [0.15, 0.2) is 27.3 Å². The van der Waals surface area contributed by atoms with Crippen LogP contribution >= 0.6 is 23.2 Å². The monoisotopic (exact) mass is 232 g/mol. The molecule has 4 heteroatoms. The molecule has 0 aromatic rings. The first kappa shape index (κ1) is 11.6. The molecular weight excluding hydrogens is 219 g/mol. The summed E-state index contributed by atoms with van der Waals surface area (Å²) in [5.41, 5.74) is 0.361. The van der Waals surface area contributed by atoms with E-state index in [1.807, 2.05) is 45.1 Å². The molecule has 0 aromatic carbocycles. The zero-order valence-corrected chi connectivity index (χ0v) is 10.3. The van der Waals surface area contributed by atoms with Gasteiger partial charge in [-0.15, -0.1) is 0 Å². The van der Waals surface area contributed by atoms with Gasteiger partial charge in [0.05, 0.1) is 21.3 Å². The third-order valence-electron chi connectivity index (χ3n) is 1.89. The first-order valence-corrected chi connectivity index (χ1v) is 5.11.